The van der Waals surface area contributed by atoms with Crippen molar-refractivity contribution in [2.75, 3.05) is 0 Å². The lowest BCUT2D eigenvalue weighted by Crippen LogP contribution is -2.02. The van der Waals surface area contributed by atoms with Crippen LogP contribution in [0, 0.1) is 18.3 Å². The largest absolute Gasteiger partial charge is 0.397 e. The Hall–Kier alpha value is -1.57. The number of benzene rings is 1. The van der Waals surface area contributed by atoms with Crippen LogP contribution in [0.4, 0.5) is 0 Å². The van der Waals surface area contributed by atoms with E-state index >= 15 is 0 Å². The quantitative estimate of drug-likeness (QED) is 0.845. The third kappa shape index (κ3) is 2.47. The van der Waals surface area contributed by atoms with Gasteiger partial charge in [-0.15, -0.1) is 11.3 Å². The molecule has 0 fully saturated rings. The van der Waals surface area contributed by atoms with Gasteiger partial charge in [-0.25, -0.2) is 0 Å². The molecule has 90 valence electrons. The molecule has 0 radical (unpaired) electrons. The van der Waals surface area contributed by atoms with Gasteiger partial charge >= 0.3 is 0 Å². The predicted molar refractivity (Wildman–Crippen MR) is 79.8 cm³/mol. The third-order valence-corrected chi connectivity index (χ3v) is 4.01. The molecule has 2 rings (SSSR count). The van der Waals surface area contributed by atoms with Crippen LogP contribution in [-0.4, -0.2) is 0 Å². The van der Waals surface area contributed by atoms with Crippen LogP contribution in [0.3, 0.4) is 0 Å². The number of hydrogen-bond donors (Lipinski definition) is 1. The second-order valence-corrected chi connectivity index (χ2v) is 5.70. The topological polar surface area (TPSA) is 49.8 Å². The second kappa shape index (κ2) is 5.38. The summed E-state index contributed by atoms with van der Waals surface area (Å²) in [5, 5.41) is 11.2. The standard InChI is InChI=1S/C14H11BrN2S/c1-9-7-10(15)4-5-11(9)14(17)12(8-16)13-3-2-6-18-13/h2-7H,17H2,1H3/b14-12+. The van der Waals surface area contributed by atoms with Gasteiger partial charge in [0.15, 0.2) is 0 Å². The Morgan fingerprint density at radius 1 is 1.39 bits per heavy atom. The van der Waals surface area contributed by atoms with Gasteiger partial charge in [-0.1, -0.05) is 28.1 Å². The maximum absolute atomic E-state index is 9.28. The van der Waals surface area contributed by atoms with Gasteiger partial charge in [0, 0.05) is 14.9 Å². The summed E-state index contributed by atoms with van der Waals surface area (Å²) >= 11 is 4.94. The zero-order valence-electron chi connectivity index (χ0n) is 9.77. The van der Waals surface area contributed by atoms with Crippen LogP contribution >= 0.6 is 27.3 Å². The molecule has 18 heavy (non-hydrogen) atoms. The molecule has 0 aliphatic rings. The van der Waals surface area contributed by atoms with Crippen LogP contribution in [0.2, 0.25) is 0 Å². The van der Waals surface area contributed by atoms with Crippen molar-refractivity contribution in [1.29, 1.82) is 5.26 Å². The van der Waals surface area contributed by atoms with Gasteiger partial charge in [-0.2, -0.15) is 5.26 Å². The van der Waals surface area contributed by atoms with Crippen molar-refractivity contribution in [3.05, 3.63) is 56.2 Å². The zero-order chi connectivity index (χ0) is 13.1. The van der Waals surface area contributed by atoms with Crippen molar-refractivity contribution in [2.24, 2.45) is 5.73 Å². The Labute approximate surface area is 118 Å². The molecule has 0 amide bonds. The Morgan fingerprint density at radius 3 is 2.72 bits per heavy atom. The van der Waals surface area contributed by atoms with Crippen molar-refractivity contribution in [3.8, 4) is 6.07 Å². The van der Waals surface area contributed by atoms with Crippen LogP contribution in [0.5, 0.6) is 0 Å². The summed E-state index contributed by atoms with van der Waals surface area (Å²) in [5.41, 5.74) is 9.16. The smallest absolute Gasteiger partial charge is 0.103 e. The molecule has 4 heteroatoms. The Balaban J connectivity index is 2.58. The van der Waals surface area contributed by atoms with E-state index in [0.29, 0.717) is 11.3 Å². The van der Waals surface area contributed by atoms with Crippen LogP contribution < -0.4 is 5.73 Å². The molecule has 0 aliphatic carbocycles. The molecule has 0 bridgehead atoms. The van der Waals surface area contributed by atoms with Crippen molar-refractivity contribution < 1.29 is 0 Å². The number of allylic oxidation sites excluding steroid dienone is 1. The molecule has 0 spiro atoms. The molecule has 1 aromatic heterocycles. The van der Waals surface area contributed by atoms with Crippen LogP contribution in [-0.2, 0) is 0 Å². The number of thiophene rings is 1. The van der Waals surface area contributed by atoms with Gasteiger partial charge in [0.2, 0.25) is 0 Å². The van der Waals surface area contributed by atoms with E-state index in [9.17, 15) is 5.26 Å². The first kappa shape index (κ1) is 12.9. The lowest BCUT2D eigenvalue weighted by atomic mass is 10.0. The molecule has 0 unspecified atom stereocenters. The number of rotatable bonds is 2. The van der Waals surface area contributed by atoms with Crippen molar-refractivity contribution in [1.82, 2.24) is 0 Å². The Bertz CT molecular complexity index is 636. The molecule has 0 saturated carbocycles. The predicted octanol–water partition coefficient (Wildman–Crippen LogP) is 4.17. The van der Waals surface area contributed by atoms with E-state index in [4.69, 9.17) is 5.73 Å². The van der Waals surface area contributed by atoms with Gasteiger partial charge in [0.25, 0.3) is 0 Å². The number of nitrogens with two attached hydrogens (primary N) is 1. The fourth-order valence-electron chi connectivity index (χ4n) is 1.73. The Morgan fingerprint density at radius 2 is 2.17 bits per heavy atom. The average Bonchev–Trinajstić information content (AvgIpc) is 2.83. The Kier molecular flexibility index (Phi) is 3.85. The first-order chi connectivity index (χ1) is 8.63. The summed E-state index contributed by atoms with van der Waals surface area (Å²) in [6.45, 7) is 1.98. The number of halogens is 1. The summed E-state index contributed by atoms with van der Waals surface area (Å²) < 4.78 is 1.01. The first-order valence-electron chi connectivity index (χ1n) is 5.33. The van der Waals surface area contributed by atoms with Crippen molar-refractivity contribution >= 4 is 38.5 Å². The number of nitrogens with zero attached hydrogens (tertiary/aromatic N) is 1. The molecular weight excluding hydrogens is 308 g/mol. The fraction of sp³-hybridized carbons (Fsp3) is 0.0714. The highest BCUT2D eigenvalue weighted by atomic mass is 79.9. The maximum Gasteiger partial charge on any atom is 0.103 e. The van der Waals surface area contributed by atoms with E-state index in [2.05, 4.69) is 22.0 Å². The minimum atomic E-state index is 0.532. The highest BCUT2D eigenvalue weighted by molar-refractivity contribution is 9.10. The van der Waals surface area contributed by atoms with E-state index in [1.165, 1.54) is 11.3 Å². The van der Waals surface area contributed by atoms with E-state index < -0.39 is 0 Å². The molecule has 0 atom stereocenters. The zero-order valence-corrected chi connectivity index (χ0v) is 12.2. The van der Waals surface area contributed by atoms with E-state index in [1.807, 2.05) is 42.6 Å². The SMILES string of the molecule is Cc1cc(Br)ccc1/C(N)=C(/C#N)c1cccs1. The molecule has 1 heterocycles. The van der Waals surface area contributed by atoms with Gasteiger partial charge < -0.3 is 5.73 Å². The molecule has 2 aromatic rings. The van der Waals surface area contributed by atoms with E-state index in [1.54, 1.807) is 0 Å². The minimum Gasteiger partial charge on any atom is -0.397 e. The molecule has 1 aromatic carbocycles. The normalized spacial score (nSPS) is 11.8. The van der Waals surface area contributed by atoms with Crippen molar-refractivity contribution in [3.63, 3.8) is 0 Å². The molecular formula is C14H11BrN2S. The first-order valence-corrected chi connectivity index (χ1v) is 7.01. The highest BCUT2D eigenvalue weighted by Crippen LogP contribution is 2.28. The third-order valence-electron chi connectivity index (χ3n) is 2.63. The summed E-state index contributed by atoms with van der Waals surface area (Å²) in [6, 6.07) is 11.9. The van der Waals surface area contributed by atoms with Gasteiger partial charge in [-0.3, -0.25) is 0 Å². The molecule has 2 N–H and O–H groups in total. The van der Waals surface area contributed by atoms with Crippen molar-refractivity contribution in [2.45, 2.75) is 6.92 Å². The van der Waals surface area contributed by atoms with E-state index in [-0.39, 0.29) is 0 Å². The van der Waals surface area contributed by atoms with E-state index in [0.717, 1.165) is 20.5 Å². The van der Waals surface area contributed by atoms with Gasteiger partial charge in [-0.05, 0) is 36.1 Å². The van der Waals surface area contributed by atoms with Crippen LogP contribution in [0.15, 0.2) is 40.2 Å². The van der Waals surface area contributed by atoms with Gasteiger partial charge in [0.1, 0.15) is 6.07 Å². The number of hydrogen-bond acceptors (Lipinski definition) is 3. The number of aryl methyl sites for hydroxylation is 1. The number of nitriles is 1. The highest BCUT2D eigenvalue weighted by Gasteiger charge is 2.11. The minimum absolute atomic E-state index is 0.532. The monoisotopic (exact) mass is 318 g/mol. The summed E-state index contributed by atoms with van der Waals surface area (Å²) in [5.74, 6) is 0. The lowest BCUT2D eigenvalue weighted by Gasteiger charge is -2.08. The summed E-state index contributed by atoms with van der Waals surface area (Å²) in [7, 11) is 0. The second-order valence-electron chi connectivity index (χ2n) is 3.84. The maximum atomic E-state index is 9.28. The summed E-state index contributed by atoms with van der Waals surface area (Å²) in [4.78, 5) is 0.900. The molecule has 0 aliphatic heterocycles. The lowest BCUT2D eigenvalue weighted by molar-refractivity contribution is 1.38. The van der Waals surface area contributed by atoms with Crippen LogP contribution in [0.25, 0.3) is 11.3 Å². The molecule has 0 saturated heterocycles. The molecule has 2 nitrogen and oxygen atoms in total. The van der Waals surface area contributed by atoms with Crippen LogP contribution in [0.1, 0.15) is 16.0 Å². The summed E-state index contributed by atoms with van der Waals surface area (Å²) in [6.07, 6.45) is 0. The fourth-order valence-corrected chi connectivity index (χ4v) is 2.94. The van der Waals surface area contributed by atoms with Gasteiger partial charge in [0.05, 0.1) is 11.3 Å². The average molecular weight is 319 g/mol.